The van der Waals surface area contributed by atoms with E-state index in [1.165, 1.54) is 6.07 Å². The van der Waals surface area contributed by atoms with E-state index >= 15 is 0 Å². The standard InChI is InChI=1S/C16H27FN2O/c1-5-13(3)19(8-9-20-4)16(11-18)15-10-14(17)7-6-12(15)2/h6-7,10,13,16H,5,8-9,11,18H2,1-4H3. The van der Waals surface area contributed by atoms with Crippen molar-refractivity contribution in [1.82, 2.24) is 4.90 Å². The van der Waals surface area contributed by atoms with E-state index in [1.54, 1.807) is 13.2 Å². The molecule has 0 aliphatic heterocycles. The molecule has 2 N–H and O–H groups in total. The van der Waals surface area contributed by atoms with Gasteiger partial charge in [-0.3, -0.25) is 4.90 Å². The number of hydrogen-bond donors (Lipinski definition) is 1. The minimum atomic E-state index is -0.208. The number of nitrogens with zero attached hydrogens (tertiary/aromatic N) is 1. The lowest BCUT2D eigenvalue weighted by Gasteiger charge is -2.36. The highest BCUT2D eigenvalue weighted by Gasteiger charge is 2.24. The Balaban J connectivity index is 3.07. The molecule has 0 heterocycles. The second kappa shape index (κ2) is 8.35. The molecule has 2 atom stereocenters. The molecule has 0 aliphatic rings. The maximum Gasteiger partial charge on any atom is 0.123 e. The van der Waals surface area contributed by atoms with Gasteiger partial charge in [0, 0.05) is 32.3 Å². The maximum absolute atomic E-state index is 13.6. The van der Waals surface area contributed by atoms with Gasteiger partial charge in [0.1, 0.15) is 5.82 Å². The molecule has 0 saturated carbocycles. The Morgan fingerprint density at radius 3 is 2.65 bits per heavy atom. The lowest BCUT2D eigenvalue weighted by Crippen LogP contribution is -2.42. The monoisotopic (exact) mass is 282 g/mol. The summed E-state index contributed by atoms with van der Waals surface area (Å²) in [5.74, 6) is -0.208. The third-order valence-electron chi connectivity index (χ3n) is 3.93. The zero-order valence-corrected chi connectivity index (χ0v) is 13.0. The molecule has 0 aliphatic carbocycles. The number of rotatable bonds is 8. The van der Waals surface area contributed by atoms with Gasteiger partial charge < -0.3 is 10.5 Å². The van der Waals surface area contributed by atoms with Crippen molar-refractivity contribution in [3.63, 3.8) is 0 Å². The average Bonchev–Trinajstić information content (AvgIpc) is 2.45. The Bertz CT molecular complexity index is 411. The van der Waals surface area contributed by atoms with Crippen molar-refractivity contribution in [2.75, 3.05) is 26.8 Å². The maximum atomic E-state index is 13.6. The summed E-state index contributed by atoms with van der Waals surface area (Å²) >= 11 is 0. The van der Waals surface area contributed by atoms with E-state index < -0.39 is 0 Å². The highest BCUT2D eigenvalue weighted by Crippen LogP contribution is 2.26. The summed E-state index contributed by atoms with van der Waals surface area (Å²) < 4.78 is 18.8. The minimum absolute atomic E-state index is 0.0239. The van der Waals surface area contributed by atoms with Crippen molar-refractivity contribution >= 4 is 0 Å². The molecule has 0 saturated heterocycles. The smallest absolute Gasteiger partial charge is 0.123 e. The molecule has 4 heteroatoms. The molecule has 0 fully saturated rings. The van der Waals surface area contributed by atoms with Gasteiger partial charge in [0.25, 0.3) is 0 Å². The summed E-state index contributed by atoms with van der Waals surface area (Å²) in [6.45, 7) is 8.24. The first-order valence-corrected chi connectivity index (χ1v) is 7.25. The molecule has 1 aromatic rings. The molecule has 114 valence electrons. The number of aryl methyl sites for hydroxylation is 1. The van der Waals surface area contributed by atoms with Gasteiger partial charge in [0.15, 0.2) is 0 Å². The summed E-state index contributed by atoms with van der Waals surface area (Å²) in [5.41, 5.74) is 8.04. The van der Waals surface area contributed by atoms with Gasteiger partial charge in [-0.05, 0) is 43.5 Å². The SMILES string of the molecule is CCC(C)N(CCOC)C(CN)c1cc(F)ccc1C. The van der Waals surface area contributed by atoms with Crippen LogP contribution in [0.5, 0.6) is 0 Å². The van der Waals surface area contributed by atoms with Gasteiger partial charge in [-0.15, -0.1) is 0 Å². The molecule has 1 rings (SSSR count). The summed E-state index contributed by atoms with van der Waals surface area (Å²) in [6.07, 6.45) is 1.02. The largest absolute Gasteiger partial charge is 0.383 e. The van der Waals surface area contributed by atoms with Crippen molar-refractivity contribution in [1.29, 1.82) is 0 Å². The second-order valence-corrected chi connectivity index (χ2v) is 5.24. The molecule has 1 aromatic carbocycles. The minimum Gasteiger partial charge on any atom is -0.383 e. The van der Waals surface area contributed by atoms with E-state index in [0.29, 0.717) is 19.2 Å². The van der Waals surface area contributed by atoms with E-state index in [-0.39, 0.29) is 11.9 Å². The van der Waals surface area contributed by atoms with Gasteiger partial charge in [0.05, 0.1) is 6.61 Å². The highest BCUT2D eigenvalue weighted by molar-refractivity contribution is 5.30. The third-order valence-corrected chi connectivity index (χ3v) is 3.93. The number of nitrogens with two attached hydrogens (primary N) is 1. The molecular formula is C16H27FN2O. The zero-order chi connectivity index (χ0) is 15.1. The summed E-state index contributed by atoms with van der Waals surface area (Å²) in [4.78, 5) is 2.31. The Morgan fingerprint density at radius 2 is 2.10 bits per heavy atom. The zero-order valence-electron chi connectivity index (χ0n) is 13.0. The van der Waals surface area contributed by atoms with E-state index in [0.717, 1.165) is 24.1 Å². The molecular weight excluding hydrogens is 255 g/mol. The van der Waals surface area contributed by atoms with Crippen LogP contribution < -0.4 is 5.73 Å². The van der Waals surface area contributed by atoms with Crippen LogP contribution in [0.25, 0.3) is 0 Å². The third kappa shape index (κ3) is 4.27. The van der Waals surface area contributed by atoms with Crippen LogP contribution in [-0.2, 0) is 4.74 Å². The quantitative estimate of drug-likeness (QED) is 0.797. The number of hydrogen-bond acceptors (Lipinski definition) is 3. The molecule has 0 radical (unpaired) electrons. The predicted molar refractivity (Wildman–Crippen MR) is 81.3 cm³/mol. The number of halogens is 1. The van der Waals surface area contributed by atoms with E-state index in [1.807, 2.05) is 13.0 Å². The average molecular weight is 282 g/mol. The number of ether oxygens (including phenoxy) is 1. The Kier molecular flexibility index (Phi) is 7.13. The van der Waals surface area contributed by atoms with Crippen LogP contribution in [-0.4, -0.2) is 37.7 Å². The van der Waals surface area contributed by atoms with E-state index in [2.05, 4.69) is 18.7 Å². The van der Waals surface area contributed by atoms with Crippen LogP contribution in [0.3, 0.4) is 0 Å². The molecule has 0 bridgehead atoms. The number of benzene rings is 1. The Morgan fingerprint density at radius 1 is 1.40 bits per heavy atom. The summed E-state index contributed by atoms with van der Waals surface area (Å²) in [5, 5.41) is 0. The fraction of sp³-hybridized carbons (Fsp3) is 0.625. The molecule has 2 unspecified atom stereocenters. The molecule has 3 nitrogen and oxygen atoms in total. The fourth-order valence-electron chi connectivity index (χ4n) is 2.53. The van der Waals surface area contributed by atoms with Gasteiger partial charge in [0.2, 0.25) is 0 Å². The van der Waals surface area contributed by atoms with Gasteiger partial charge in [-0.1, -0.05) is 13.0 Å². The van der Waals surface area contributed by atoms with Crippen molar-refractivity contribution < 1.29 is 9.13 Å². The molecule has 0 spiro atoms. The first-order chi connectivity index (χ1) is 9.54. The van der Waals surface area contributed by atoms with Crippen molar-refractivity contribution in [3.8, 4) is 0 Å². The van der Waals surface area contributed by atoms with Gasteiger partial charge in [-0.25, -0.2) is 4.39 Å². The van der Waals surface area contributed by atoms with Gasteiger partial charge >= 0.3 is 0 Å². The molecule has 0 amide bonds. The van der Waals surface area contributed by atoms with Crippen LogP contribution in [0.15, 0.2) is 18.2 Å². The fourth-order valence-corrected chi connectivity index (χ4v) is 2.53. The van der Waals surface area contributed by atoms with Crippen molar-refractivity contribution in [2.45, 2.75) is 39.3 Å². The first kappa shape index (κ1) is 17.1. The number of methoxy groups -OCH3 is 1. The van der Waals surface area contributed by atoms with Crippen molar-refractivity contribution in [3.05, 3.63) is 35.1 Å². The Labute approximate surface area is 121 Å². The van der Waals surface area contributed by atoms with Crippen molar-refractivity contribution in [2.24, 2.45) is 5.73 Å². The second-order valence-electron chi connectivity index (χ2n) is 5.24. The van der Waals surface area contributed by atoms with E-state index in [4.69, 9.17) is 10.5 Å². The lowest BCUT2D eigenvalue weighted by atomic mass is 9.98. The van der Waals surface area contributed by atoms with E-state index in [9.17, 15) is 4.39 Å². The predicted octanol–water partition coefficient (Wildman–Crippen LogP) is 2.88. The van der Waals surface area contributed by atoms with Crippen LogP contribution in [0.4, 0.5) is 4.39 Å². The highest BCUT2D eigenvalue weighted by atomic mass is 19.1. The summed E-state index contributed by atoms with van der Waals surface area (Å²) in [7, 11) is 1.69. The first-order valence-electron chi connectivity index (χ1n) is 7.25. The normalized spacial score (nSPS) is 14.6. The van der Waals surface area contributed by atoms with Crippen LogP contribution >= 0.6 is 0 Å². The van der Waals surface area contributed by atoms with Crippen LogP contribution in [0.1, 0.15) is 37.4 Å². The van der Waals surface area contributed by atoms with Crippen LogP contribution in [0, 0.1) is 12.7 Å². The van der Waals surface area contributed by atoms with Gasteiger partial charge in [-0.2, -0.15) is 0 Å². The van der Waals surface area contributed by atoms with Crippen LogP contribution in [0.2, 0.25) is 0 Å². The topological polar surface area (TPSA) is 38.5 Å². The summed E-state index contributed by atoms with van der Waals surface area (Å²) in [6, 6.07) is 5.32. The molecule has 0 aromatic heterocycles. The Hall–Kier alpha value is -0.970. The molecule has 20 heavy (non-hydrogen) atoms. The lowest BCUT2D eigenvalue weighted by molar-refractivity contribution is 0.0899.